The van der Waals surface area contributed by atoms with Crippen LogP contribution in [-0.2, 0) is 22.5 Å². The van der Waals surface area contributed by atoms with Gasteiger partial charge in [-0.1, -0.05) is 12.1 Å². The van der Waals surface area contributed by atoms with E-state index in [9.17, 15) is 14.0 Å². The van der Waals surface area contributed by atoms with Gasteiger partial charge in [-0.2, -0.15) is 0 Å². The van der Waals surface area contributed by atoms with Crippen molar-refractivity contribution in [1.29, 1.82) is 0 Å². The van der Waals surface area contributed by atoms with Gasteiger partial charge in [0.05, 0.1) is 25.7 Å². The van der Waals surface area contributed by atoms with E-state index in [1.54, 1.807) is 29.2 Å². The number of methoxy groups -OCH3 is 1. The molecular weight excluding hydrogens is 375 g/mol. The Labute approximate surface area is 167 Å². The van der Waals surface area contributed by atoms with E-state index < -0.39 is 11.8 Å². The number of ether oxygens (including phenoxy) is 2. The van der Waals surface area contributed by atoms with Gasteiger partial charge in [0.15, 0.2) is 11.6 Å². The van der Waals surface area contributed by atoms with E-state index in [0.29, 0.717) is 25.1 Å². The van der Waals surface area contributed by atoms with Crippen molar-refractivity contribution in [1.82, 2.24) is 9.88 Å². The van der Waals surface area contributed by atoms with Crippen LogP contribution in [0.25, 0.3) is 10.9 Å². The minimum atomic E-state index is -0.442. The number of aromatic amines is 1. The second-order valence-electron chi connectivity index (χ2n) is 6.93. The van der Waals surface area contributed by atoms with Gasteiger partial charge in [0, 0.05) is 41.7 Å². The molecule has 0 bridgehead atoms. The molecule has 0 aliphatic carbocycles. The van der Waals surface area contributed by atoms with Crippen molar-refractivity contribution in [3.63, 3.8) is 0 Å². The lowest BCUT2D eigenvalue weighted by Crippen LogP contribution is -2.36. The van der Waals surface area contributed by atoms with Crippen LogP contribution in [0.5, 0.6) is 5.75 Å². The number of nitrogens with one attached hydrogen (secondary N) is 1. The standard InChI is InChI=1S/C22H21FN2O4/c1-28-22(27)14-6-7-18-15(12-14)16-13-25(10-8-19(16)24-18)21(26)9-11-29-20-5-3-2-4-17(20)23/h2-7,12,24H,8-11,13H2,1H3. The Morgan fingerprint density at radius 2 is 2.03 bits per heavy atom. The number of amides is 1. The molecule has 0 radical (unpaired) electrons. The molecule has 0 atom stereocenters. The lowest BCUT2D eigenvalue weighted by atomic mass is 10.0. The van der Waals surface area contributed by atoms with Gasteiger partial charge < -0.3 is 19.4 Å². The molecule has 0 saturated carbocycles. The number of fused-ring (bicyclic) bond motifs is 3. The first-order valence-corrected chi connectivity index (χ1v) is 9.43. The minimum Gasteiger partial charge on any atom is -0.490 e. The molecule has 2 aromatic carbocycles. The zero-order valence-corrected chi connectivity index (χ0v) is 16.0. The van der Waals surface area contributed by atoms with Gasteiger partial charge in [0.1, 0.15) is 0 Å². The average Bonchev–Trinajstić information content (AvgIpc) is 3.11. The predicted molar refractivity (Wildman–Crippen MR) is 105 cm³/mol. The van der Waals surface area contributed by atoms with Crippen LogP contribution < -0.4 is 4.74 Å². The van der Waals surface area contributed by atoms with Crippen molar-refractivity contribution in [3.8, 4) is 5.75 Å². The molecule has 0 saturated heterocycles. The SMILES string of the molecule is COC(=O)c1ccc2[nH]c3c(c2c1)CN(C(=O)CCOc1ccccc1F)CC3. The number of H-pyrrole nitrogens is 1. The normalized spacial score (nSPS) is 13.2. The van der Waals surface area contributed by atoms with Crippen LogP contribution >= 0.6 is 0 Å². The number of aromatic nitrogens is 1. The molecule has 1 aliphatic rings. The predicted octanol–water partition coefficient (Wildman–Crippen LogP) is 3.45. The Hall–Kier alpha value is -3.35. The summed E-state index contributed by atoms with van der Waals surface area (Å²) in [4.78, 5) is 29.6. The number of halogens is 1. The van der Waals surface area contributed by atoms with E-state index in [-0.39, 0.29) is 24.7 Å². The lowest BCUT2D eigenvalue weighted by molar-refractivity contribution is -0.132. The molecule has 3 aromatic rings. The zero-order chi connectivity index (χ0) is 20.4. The van der Waals surface area contributed by atoms with Gasteiger partial charge in [0.2, 0.25) is 5.91 Å². The largest absolute Gasteiger partial charge is 0.490 e. The summed E-state index contributed by atoms with van der Waals surface area (Å²) in [6.07, 6.45) is 0.872. The molecule has 1 aromatic heterocycles. The number of carbonyl (C=O) groups excluding carboxylic acids is 2. The van der Waals surface area contributed by atoms with Crippen molar-refractivity contribution in [2.24, 2.45) is 0 Å². The number of esters is 1. The molecule has 150 valence electrons. The third-order valence-corrected chi connectivity index (χ3v) is 5.16. The highest BCUT2D eigenvalue weighted by atomic mass is 19.1. The molecule has 0 spiro atoms. The molecule has 6 nitrogen and oxygen atoms in total. The van der Waals surface area contributed by atoms with Crippen LogP contribution in [0.4, 0.5) is 4.39 Å². The van der Waals surface area contributed by atoms with E-state index in [4.69, 9.17) is 9.47 Å². The maximum absolute atomic E-state index is 13.6. The molecule has 1 aliphatic heterocycles. The molecule has 2 heterocycles. The van der Waals surface area contributed by atoms with Crippen LogP contribution in [0.1, 0.15) is 28.0 Å². The average molecular weight is 396 g/mol. The van der Waals surface area contributed by atoms with E-state index in [0.717, 1.165) is 22.2 Å². The number of hydrogen-bond acceptors (Lipinski definition) is 4. The van der Waals surface area contributed by atoms with E-state index in [1.165, 1.54) is 19.2 Å². The Kier molecular flexibility index (Phi) is 5.20. The highest BCUT2D eigenvalue weighted by molar-refractivity contribution is 5.96. The highest BCUT2D eigenvalue weighted by Gasteiger charge is 2.24. The molecule has 4 rings (SSSR count). The molecule has 1 amide bonds. The quantitative estimate of drug-likeness (QED) is 0.671. The van der Waals surface area contributed by atoms with E-state index >= 15 is 0 Å². The molecule has 0 unspecified atom stereocenters. The summed E-state index contributed by atoms with van der Waals surface area (Å²) in [5.74, 6) is -0.739. The minimum absolute atomic E-state index is 0.0505. The van der Waals surface area contributed by atoms with Gasteiger partial charge in [-0.3, -0.25) is 4.79 Å². The van der Waals surface area contributed by atoms with Gasteiger partial charge in [-0.05, 0) is 30.3 Å². The second-order valence-corrected chi connectivity index (χ2v) is 6.93. The Balaban J connectivity index is 1.45. The smallest absolute Gasteiger partial charge is 0.337 e. The summed E-state index contributed by atoms with van der Waals surface area (Å²) < 4.78 is 23.8. The maximum Gasteiger partial charge on any atom is 0.337 e. The second kappa shape index (κ2) is 7.95. The van der Waals surface area contributed by atoms with Crippen LogP contribution in [-0.4, -0.2) is 42.0 Å². The third kappa shape index (κ3) is 3.81. The molecular formula is C22H21FN2O4. The number of carbonyl (C=O) groups is 2. The molecule has 0 fully saturated rings. The highest BCUT2D eigenvalue weighted by Crippen LogP contribution is 2.29. The molecule has 29 heavy (non-hydrogen) atoms. The van der Waals surface area contributed by atoms with Gasteiger partial charge in [-0.15, -0.1) is 0 Å². The van der Waals surface area contributed by atoms with Crippen molar-refractivity contribution < 1.29 is 23.5 Å². The fraction of sp³-hybridized carbons (Fsp3) is 0.273. The number of nitrogens with zero attached hydrogens (tertiary/aromatic N) is 1. The van der Waals surface area contributed by atoms with Gasteiger partial charge in [0.25, 0.3) is 0 Å². The number of rotatable bonds is 5. The van der Waals surface area contributed by atoms with Crippen LogP contribution in [0.2, 0.25) is 0 Å². The maximum atomic E-state index is 13.6. The third-order valence-electron chi connectivity index (χ3n) is 5.16. The van der Waals surface area contributed by atoms with Crippen LogP contribution in [0, 0.1) is 5.82 Å². The first-order valence-electron chi connectivity index (χ1n) is 9.43. The first-order chi connectivity index (χ1) is 14.1. The fourth-order valence-corrected chi connectivity index (χ4v) is 3.64. The molecule has 1 N–H and O–H groups in total. The summed E-state index contributed by atoms with van der Waals surface area (Å²) in [7, 11) is 1.35. The number of para-hydroxylation sites is 1. The Morgan fingerprint density at radius 3 is 2.83 bits per heavy atom. The fourth-order valence-electron chi connectivity index (χ4n) is 3.64. The summed E-state index contributed by atoms with van der Waals surface area (Å²) in [6, 6.07) is 11.5. The van der Waals surface area contributed by atoms with Gasteiger partial charge >= 0.3 is 5.97 Å². The molecule has 7 heteroatoms. The summed E-state index contributed by atoms with van der Waals surface area (Å²) >= 11 is 0. The topological polar surface area (TPSA) is 71.6 Å². The summed E-state index contributed by atoms with van der Waals surface area (Å²) in [5, 5.41) is 0.919. The van der Waals surface area contributed by atoms with Gasteiger partial charge in [-0.25, -0.2) is 9.18 Å². The number of hydrogen-bond donors (Lipinski definition) is 1. The Bertz CT molecular complexity index is 1080. The Morgan fingerprint density at radius 1 is 1.21 bits per heavy atom. The monoisotopic (exact) mass is 396 g/mol. The van der Waals surface area contributed by atoms with E-state index in [2.05, 4.69) is 4.98 Å². The summed E-state index contributed by atoms with van der Waals surface area (Å²) in [6.45, 7) is 1.17. The number of benzene rings is 2. The zero-order valence-electron chi connectivity index (χ0n) is 16.0. The first kappa shape index (κ1) is 19.0. The van der Waals surface area contributed by atoms with Crippen LogP contribution in [0.3, 0.4) is 0 Å². The van der Waals surface area contributed by atoms with Crippen molar-refractivity contribution >= 4 is 22.8 Å². The van der Waals surface area contributed by atoms with E-state index in [1.807, 2.05) is 6.07 Å². The lowest BCUT2D eigenvalue weighted by Gasteiger charge is -2.27. The van der Waals surface area contributed by atoms with Crippen molar-refractivity contribution in [3.05, 3.63) is 65.1 Å². The van der Waals surface area contributed by atoms with Crippen molar-refractivity contribution in [2.75, 3.05) is 20.3 Å². The van der Waals surface area contributed by atoms with Crippen molar-refractivity contribution in [2.45, 2.75) is 19.4 Å². The summed E-state index contributed by atoms with van der Waals surface area (Å²) in [5.41, 5.74) is 3.50. The van der Waals surface area contributed by atoms with Crippen LogP contribution in [0.15, 0.2) is 42.5 Å².